The minimum atomic E-state index is -0.399. The summed E-state index contributed by atoms with van der Waals surface area (Å²) in [5.74, 6) is -0.746. The number of rotatable bonds is 13. The second-order valence-corrected chi connectivity index (χ2v) is 9.84. The van der Waals surface area contributed by atoms with E-state index in [9.17, 15) is 9.59 Å². The van der Waals surface area contributed by atoms with E-state index >= 15 is 0 Å². The van der Waals surface area contributed by atoms with Crippen LogP contribution in [0.25, 0.3) is 11.1 Å². The van der Waals surface area contributed by atoms with Gasteiger partial charge in [0.05, 0.1) is 23.9 Å². The molecule has 4 rings (SSSR count). The standard InChI is InChI=1S/C31H33ClN6O4/c1-20-23(4-2-6-25(20)37-30(41)27-10-8-21(18-35-27)16-33-12-14-39)24-5-3-7-26(29(24)32)38-31(42)28-11-9-22(19-36-28)17-34-13-15-40/h2-11,18-19,33-34,39-40H,12-17H2,1H3,(H,37,41)(H,38,42). The number of amides is 2. The molecule has 0 spiro atoms. The van der Waals surface area contributed by atoms with Gasteiger partial charge in [-0.25, -0.2) is 0 Å². The van der Waals surface area contributed by atoms with Crippen LogP contribution in [0.3, 0.4) is 0 Å². The summed E-state index contributed by atoms with van der Waals surface area (Å²) in [4.78, 5) is 34.4. The average Bonchev–Trinajstić information content (AvgIpc) is 3.00. The Bertz CT molecular complexity index is 1400. The number of hydrogen-bond donors (Lipinski definition) is 6. The molecule has 0 saturated carbocycles. The van der Waals surface area contributed by atoms with Crippen LogP contribution in [-0.4, -0.2) is 58.3 Å². The van der Waals surface area contributed by atoms with Gasteiger partial charge in [0.2, 0.25) is 0 Å². The minimum Gasteiger partial charge on any atom is -0.395 e. The molecule has 10 nitrogen and oxygen atoms in total. The van der Waals surface area contributed by atoms with E-state index in [2.05, 4.69) is 31.2 Å². The lowest BCUT2D eigenvalue weighted by atomic mass is 9.98. The highest BCUT2D eigenvalue weighted by Gasteiger charge is 2.17. The Morgan fingerprint density at radius 3 is 1.71 bits per heavy atom. The van der Waals surface area contributed by atoms with Crippen LogP contribution in [0.1, 0.15) is 37.7 Å². The van der Waals surface area contributed by atoms with Gasteiger partial charge in [0.15, 0.2) is 0 Å². The Morgan fingerprint density at radius 2 is 1.21 bits per heavy atom. The van der Waals surface area contributed by atoms with Gasteiger partial charge in [-0.05, 0) is 53.4 Å². The summed E-state index contributed by atoms with van der Waals surface area (Å²) in [6, 6.07) is 17.8. The quantitative estimate of drug-likeness (QED) is 0.129. The van der Waals surface area contributed by atoms with Crippen molar-refractivity contribution in [2.45, 2.75) is 20.0 Å². The first-order chi connectivity index (χ1) is 20.4. The predicted octanol–water partition coefficient (Wildman–Crippen LogP) is 3.77. The molecule has 0 unspecified atom stereocenters. The molecule has 42 heavy (non-hydrogen) atoms. The lowest BCUT2D eigenvalue weighted by Crippen LogP contribution is -2.18. The predicted molar refractivity (Wildman–Crippen MR) is 164 cm³/mol. The second-order valence-electron chi connectivity index (χ2n) is 9.46. The summed E-state index contributed by atoms with van der Waals surface area (Å²) in [5, 5.41) is 30.0. The maximum absolute atomic E-state index is 12.9. The van der Waals surface area contributed by atoms with E-state index in [1.807, 2.05) is 31.2 Å². The zero-order valence-corrected chi connectivity index (χ0v) is 23.9. The van der Waals surface area contributed by atoms with Gasteiger partial charge in [-0.15, -0.1) is 0 Å². The summed E-state index contributed by atoms with van der Waals surface area (Å²) in [7, 11) is 0. The number of nitrogens with zero attached hydrogens (tertiary/aromatic N) is 2. The third kappa shape index (κ3) is 7.96. The molecule has 0 radical (unpaired) electrons. The number of anilines is 2. The van der Waals surface area contributed by atoms with Crippen LogP contribution in [0.4, 0.5) is 11.4 Å². The number of carbonyl (C=O) groups is 2. The first-order valence-corrected chi connectivity index (χ1v) is 13.8. The van der Waals surface area contributed by atoms with Gasteiger partial charge in [-0.2, -0.15) is 0 Å². The van der Waals surface area contributed by atoms with Crippen molar-refractivity contribution >= 4 is 34.8 Å². The highest BCUT2D eigenvalue weighted by atomic mass is 35.5. The third-order valence-corrected chi connectivity index (χ3v) is 6.88. The monoisotopic (exact) mass is 588 g/mol. The molecule has 0 aliphatic heterocycles. The van der Waals surface area contributed by atoms with Gasteiger partial charge < -0.3 is 31.5 Å². The smallest absolute Gasteiger partial charge is 0.274 e. The number of carbonyl (C=O) groups excluding carboxylic acids is 2. The fourth-order valence-electron chi connectivity index (χ4n) is 4.22. The van der Waals surface area contributed by atoms with Gasteiger partial charge >= 0.3 is 0 Å². The van der Waals surface area contributed by atoms with Crippen LogP contribution < -0.4 is 21.3 Å². The molecular formula is C31H33ClN6O4. The number of aliphatic hydroxyl groups is 2. The second kappa shape index (κ2) is 15.2. The van der Waals surface area contributed by atoms with E-state index in [-0.39, 0.29) is 30.5 Å². The Kier molecular flexibility index (Phi) is 11.1. The van der Waals surface area contributed by atoms with Crippen molar-refractivity contribution in [1.82, 2.24) is 20.6 Å². The summed E-state index contributed by atoms with van der Waals surface area (Å²) >= 11 is 6.78. The highest BCUT2D eigenvalue weighted by Crippen LogP contribution is 2.37. The molecule has 218 valence electrons. The minimum absolute atomic E-state index is 0.0457. The maximum Gasteiger partial charge on any atom is 0.274 e. The van der Waals surface area contributed by atoms with Gasteiger partial charge in [0, 0.05) is 49.8 Å². The van der Waals surface area contributed by atoms with Crippen molar-refractivity contribution in [2.75, 3.05) is 36.9 Å². The first-order valence-electron chi connectivity index (χ1n) is 13.5. The van der Waals surface area contributed by atoms with Crippen molar-refractivity contribution in [3.63, 3.8) is 0 Å². The number of benzene rings is 2. The van der Waals surface area contributed by atoms with Crippen molar-refractivity contribution in [1.29, 1.82) is 0 Å². The van der Waals surface area contributed by atoms with E-state index in [4.69, 9.17) is 21.8 Å². The highest BCUT2D eigenvalue weighted by molar-refractivity contribution is 6.36. The molecule has 6 N–H and O–H groups in total. The summed E-state index contributed by atoms with van der Waals surface area (Å²) in [5.41, 5.74) is 5.64. The molecule has 11 heteroatoms. The zero-order chi connectivity index (χ0) is 29.9. The van der Waals surface area contributed by atoms with E-state index in [1.165, 1.54) is 0 Å². The normalized spacial score (nSPS) is 10.9. The molecule has 0 fully saturated rings. The number of aliphatic hydroxyl groups excluding tert-OH is 2. The van der Waals surface area contributed by atoms with Gasteiger partial charge in [0.1, 0.15) is 11.4 Å². The Hall–Kier alpha value is -4.19. The fraction of sp³-hybridized carbons (Fsp3) is 0.226. The number of aromatic nitrogens is 2. The topological polar surface area (TPSA) is 148 Å². The number of pyridine rings is 2. The number of hydrogen-bond acceptors (Lipinski definition) is 8. The number of nitrogens with one attached hydrogen (secondary N) is 4. The Morgan fingerprint density at radius 1 is 0.714 bits per heavy atom. The average molecular weight is 589 g/mol. The molecule has 4 aromatic rings. The van der Waals surface area contributed by atoms with Crippen LogP contribution in [0.2, 0.25) is 5.02 Å². The molecule has 0 bridgehead atoms. The maximum atomic E-state index is 12.9. The third-order valence-electron chi connectivity index (χ3n) is 6.47. The van der Waals surface area contributed by atoms with Crippen molar-refractivity contribution < 1.29 is 19.8 Å². The fourth-order valence-corrected chi connectivity index (χ4v) is 4.50. The molecule has 0 saturated heterocycles. The van der Waals surface area contributed by atoms with E-state index in [0.29, 0.717) is 48.1 Å². The Labute approximate surface area is 249 Å². The van der Waals surface area contributed by atoms with Crippen molar-refractivity contribution in [3.05, 3.63) is 106 Å². The van der Waals surface area contributed by atoms with Crippen LogP contribution in [0.15, 0.2) is 73.1 Å². The van der Waals surface area contributed by atoms with Crippen LogP contribution in [0, 0.1) is 6.92 Å². The number of halogens is 1. The van der Waals surface area contributed by atoms with Gasteiger partial charge in [-0.3, -0.25) is 19.6 Å². The first kappa shape index (κ1) is 30.8. The molecular weight excluding hydrogens is 556 g/mol. The Balaban J connectivity index is 1.47. The molecule has 2 heterocycles. The molecule has 0 atom stereocenters. The molecule has 2 amide bonds. The molecule has 2 aromatic carbocycles. The zero-order valence-electron chi connectivity index (χ0n) is 23.2. The summed E-state index contributed by atoms with van der Waals surface area (Å²) < 4.78 is 0. The molecule has 0 aliphatic carbocycles. The van der Waals surface area contributed by atoms with Crippen LogP contribution >= 0.6 is 11.6 Å². The largest absolute Gasteiger partial charge is 0.395 e. The molecule has 2 aromatic heterocycles. The van der Waals surface area contributed by atoms with Gasteiger partial charge in [-0.1, -0.05) is 48.0 Å². The van der Waals surface area contributed by atoms with E-state index < -0.39 is 5.91 Å². The lowest BCUT2D eigenvalue weighted by Gasteiger charge is -2.16. The molecule has 0 aliphatic rings. The lowest BCUT2D eigenvalue weighted by molar-refractivity contribution is 0.101. The SMILES string of the molecule is Cc1c(NC(=O)c2ccc(CNCCO)cn2)cccc1-c1cccc(NC(=O)c2ccc(CNCCO)cn2)c1Cl. The summed E-state index contributed by atoms with van der Waals surface area (Å²) in [6.45, 7) is 4.02. The van der Waals surface area contributed by atoms with Crippen LogP contribution in [-0.2, 0) is 13.1 Å². The van der Waals surface area contributed by atoms with Crippen molar-refractivity contribution in [2.24, 2.45) is 0 Å². The van der Waals surface area contributed by atoms with Crippen LogP contribution in [0.5, 0.6) is 0 Å². The van der Waals surface area contributed by atoms with Crippen molar-refractivity contribution in [3.8, 4) is 11.1 Å². The van der Waals surface area contributed by atoms with Gasteiger partial charge in [0.25, 0.3) is 11.8 Å². The summed E-state index contributed by atoms with van der Waals surface area (Å²) in [6.07, 6.45) is 3.24. The van der Waals surface area contributed by atoms with E-state index in [0.717, 1.165) is 22.3 Å². The van der Waals surface area contributed by atoms with E-state index in [1.54, 1.807) is 48.8 Å².